The molecule has 0 amide bonds. The number of para-hydroxylation sites is 1. The highest BCUT2D eigenvalue weighted by molar-refractivity contribution is 7.89. The number of sulfonamides is 1. The molecule has 1 N–H and O–H groups in total. The predicted molar refractivity (Wildman–Crippen MR) is 119 cm³/mol. The van der Waals surface area contributed by atoms with Crippen molar-refractivity contribution in [3.05, 3.63) is 89.2 Å². The number of halogens is 1. The summed E-state index contributed by atoms with van der Waals surface area (Å²) in [5, 5.41) is 8.66. The van der Waals surface area contributed by atoms with Crippen LogP contribution in [0.5, 0.6) is 5.75 Å². The van der Waals surface area contributed by atoms with Crippen molar-refractivity contribution in [1.29, 1.82) is 0 Å². The van der Waals surface area contributed by atoms with E-state index < -0.39 is 16.1 Å². The van der Waals surface area contributed by atoms with E-state index in [2.05, 4.69) is 14.9 Å². The standard InChI is InChI=1S/C22H21ClN4O3S/c1-15(2)30-20-8-4-3-6-18(20)22(16-9-11-17(23)12-10-16)26-31(28,29)21-14-25-27-19(21)7-5-13-24-27/h3-15,22,26H,1-2H3. The summed E-state index contributed by atoms with van der Waals surface area (Å²) >= 11 is 6.06. The van der Waals surface area contributed by atoms with E-state index in [4.69, 9.17) is 16.3 Å². The Bertz CT molecular complexity index is 1300. The second kappa shape index (κ2) is 8.66. The van der Waals surface area contributed by atoms with Crippen LogP contribution >= 0.6 is 11.6 Å². The predicted octanol–water partition coefficient (Wildman–Crippen LogP) is 4.24. The van der Waals surface area contributed by atoms with E-state index in [0.717, 1.165) is 5.56 Å². The molecule has 0 aliphatic carbocycles. The van der Waals surface area contributed by atoms with Crippen LogP contribution < -0.4 is 9.46 Å². The van der Waals surface area contributed by atoms with Crippen molar-refractivity contribution in [2.45, 2.75) is 30.9 Å². The first-order chi connectivity index (χ1) is 14.8. The Morgan fingerprint density at radius 2 is 1.74 bits per heavy atom. The first-order valence-corrected chi connectivity index (χ1v) is 11.5. The highest BCUT2D eigenvalue weighted by Crippen LogP contribution is 2.33. The molecule has 0 fully saturated rings. The van der Waals surface area contributed by atoms with Gasteiger partial charge < -0.3 is 4.74 Å². The van der Waals surface area contributed by atoms with Gasteiger partial charge in [-0.05, 0) is 49.7 Å². The zero-order valence-corrected chi connectivity index (χ0v) is 18.5. The van der Waals surface area contributed by atoms with Crippen LogP contribution in [0.15, 0.2) is 78.0 Å². The Morgan fingerprint density at radius 3 is 2.48 bits per heavy atom. The number of rotatable bonds is 7. The second-order valence-electron chi connectivity index (χ2n) is 7.22. The van der Waals surface area contributed by atoms with E-state index >= 15 is 0 Å². The number of nitrogens with one attached hydrogen (secondary N) is 1. The van der Waals surface area contributed by atoms with Gasteiger partial charge in [-0.1, -0.05) is 41.9 Å². The highest BCUT2D eigenvalue weighted by atomic mass is 35.5. The maximum atomic E-state index is 13.4. The number of fused-ring (bicyclic) bond motifs is 1. The molecule has 0 saturated heterocycles. The third-order valence-electron chi connectivity index (χ3n) is 4.63. The molecule has 0 saturated carbocycles. The third-order valence-corrected chi connectivity index (χ3v) is 6.32. The van der Waals surface area contributed by atoms with Crippen molar-refractivity contribution in [3.63, 3.8) is 0 Å². The zero-order chi connectivity index (χ0) is 22.0. The van der Waals surface area contributed by atoms with Gasteiger partial charge in [0.2, 0.25) is 10.0 Å². The summed E-state index contributed by atoms with van der Waals surface area (Å²) < 4.78 is 36.9. The maximum absolute atomic E-state index is 13.4. The third kappa shape index (κ3) is 4.56. The molecule has 4 rings (SSSR count). The number of hydrogen-bond donors (Lipinski definition) is 1. The van der Waals surface area contributed by atoms with Gasteiger partial charge in [-0.15, -0.1) is 0 Å². The molecule has 0 radical (unpaired) electrons. The molecule has 0 aliphatic rings. The minimum atomic E-state index is -3.96. The number of hydrogen-bond acceptors (Lipinski definition) is 5. The van der Waals surface area contributed by atoms with Gasteiger partial charge in [0.25, 0.3) is 0 Å². The molecule has 1 atom stereocenters. The molecule has 0 aliphatic heterocycles. The number of ether oxygens (including phenoxy) is 1. The van der Waals surface area contributed by atoms with Crippen LogP contribution in [-0.4, -0.2) is 29.3 Å². The smallest absolute Gasteiger partial charge is 0.245 e. The average Bonchev–Trinajstić information content (AvgIpc) is 3.18. The lowest BCUT2D eigenvalue weighted by atomic mass is 9.99. The highest BCUT2D eigenvalue weighted by Gasteiger charge is 2.28. The summed E-state index contributed by atoms with van der Waals surface area (Å²) in [5.74, 6) is 0.599. The molecule has 4 aromatic rings. The Hall–Kier alpha value is -2.94. The van der Waals surface area contributed by atoms with Gasteiger partial charge in [0, 0.05) is 16.8 Å². The molecular weight excluding hydrogens is 436 g/mol. The summed E-state index contributed by atoms with van der Waals surface area (Å²) in [4.78, 5) is 0.0434. The monoisotopic (exact) mass is 456 g/mol. The zero-order valence-electron chi connectivity index (χ0n) is 16.9. The van der Waals surface area contributed by atoms with E-state index in [9.17, 15) is 8.42 Å². The van der Waals surface area contributed by atoms with Crippen molar-refractivity contribution < 1.29 is 13.2 Å². The fraction of sp³-hybridized carbons (Fsp3) is 0.182. The Balaban J connectivity index is 1.81. The average molecular weight is 457 g/mol. The molecule has 2 aromatic carbocycles. The Labute approximate surface area is 185 Å². The van der Waals surface area contributed by atoms with Crippen LogP contribution in [0.25, 0.3) is 5.52 Å². The minimum Gasteiger partial charge on any atom is -0.491 e. The SMILES string of the molecule is CC(C)Oc1ccccc1C(NS(=O)(=O)c1cnn2ncccc12)c1ccc(Cl)cc1. The number of nitrogens with zero attached hydrogens (tertiary/aromatic N) is 3. The Morgan fingerprint density at radius 1 is 1.00 bits per heavy atom. The summed E-state index contributed by atoms with van der Waals surface area (Å²) in [6.45, 7) is 3.84. The molecule has 0 bridgehead atoms. The van der Waals surface area contributed by atoms with E-state index in [1.807, 2.05) is 38.1 Å². The van der Waals surface area contributed by atoms with Gasteiger partial charge in [-0.2, -0.15) is 19.5 Å². The van der Waals surface area contributed by atoms with Crippen molar-refractivity contribution in [1.82, 2.24) is 19.5 Å². The molecule has 160 valence electrons. The molecule has 31 heavy (non-hydrogen) atoms. The second-order valence-corrected chi connectivity index (χ2v) is 9.34. The molecule has 7 nitrogen and oxygen atoms in total. The Kier molecular flexibility index (Phi) is 5.95. The first kappa shape index (κ1) is 21.3. The van der Waals surface area contributed by atoms with Crippen LogP contribution in [0, 0.1) is 0 Å². The number of aromatic nitrogens is 3. The summed E-state index contributed by atoms with van der Waals surface area (Å²) in [5.41, 5.74) is 1.80. The lowest BCUT2D eigenvalue weighted by Crippen LogP contribution is -2.30. The van der Waals surface area contributed by atoms with Crippen LogP contribution in [-0.2, 0) is 10.0 Å². The summed E-state index contributed by atoms with van der Waals surface area (Å²) in [6.07, 6.45) is 2.76. The molecule has 1 unspecified atom stereocenters. The van der Waals surface area contributed by atoms with Crippen molar-refractivity contribution >= 4 is 27.1 Å². The van der Waals surface area contributed by atoms with Crippen LogP contribution in [0.4, 0.5) is 0 Å². The molecule has 2 heterocycles. The molecule has 0 spiro atoms. The fourth-order valence-electron chi connectivity index (χ4n) is 3.28. The quantitative estimate of drug-likeness (QED) is 0.449. The first-order valence-electron chi connectivity index (χ1n) is 9.67. The van der Waals surface area contributed by atoms with Crippen molar-refractivity contribution in [3.8, 4) is 5.75 Å². The van der Waals surface area contributed by atoms with Crippen molar-refractivity contribution in [2.24, 2.45) is 0 Å². The maximum Gasteiger partial charge on any atom is 0.245 e. The normalized spacial score (nSPS) is 12.9. The van der Waals surface area contributed by atoms with E-state index in [1.54, 1.807) is 42.6 Å². The lowest BCUT2D eigenvalue weighted by molar-refractivity contribution is 0.239. The van der Waals surface area contributed by atoms with Gasteiger partial charge in [-0.3, -0.25) is 0 Å². The number of benzene rings is 2. The van der Waals surface area contributed by atoms with Crippen LogP contribution in [0.3, 0.4) is 0 Å². The summed E-state index contributed by atoms with van der Waals surface area (Å²) in [6, 6.07) is 17.0. The van der Waals surface area contributed by atoms with Crippen LogP contribution in [0.1, 0.15) is 31.0 Å². The lowest BCUT2D eigenvalue weighted by Gasteiger charge is -2.23. The molecule has 2 aromatic heterocycles. The van der Waals surface area contributed by atoms with Gasteiger partial charge in [0.05, 0.1) is 18.3 Å². The van der Waals surface area contributed by atoms with Gasteiger partial charge in [0.1, 0.15) is 16.2 Å². The topological polar surface area (TPSA) is 85.6 Å². The summed E-state index contributed by atoms with van der Waals surface area (Å²) in [7, 11) is -3.96. The minimum absolute atomic E-state index is 0.0434. The largest absolute Gasteiger partial charge is 0.491 e. The fourth-order valence-corrected chi connectivity index (χ4v) is 4.72. The van der Waals surface area contributed by atoms with Crippen LogP contribution in [0.2, 0.25) is 5.02 Å². The van der Waals surface area contributed by atoms with Gasteiger partial charge in [0.15, 0.2) is 0 Å². The molecule has 9 heteroatoms. The van der Waals surface area contributed by atoms with E-state index in [-0.39, 0.29) is 11.0 Å². The van der Waals surface area contributed by atoms with Crippen molar-refractivity contribution in [2.75, 3.05) is 0 Å². The van der Waals surface area contributed by atoms with Gasteiger partial charge in [-0.25, -0.2) is 8.42 Å². The van der Waals surface area contributed by atoms with E-state index in [1.165, 1.54) is 10.8 Å². The van der Waals surface area contributed by atoms with E-state index in [0.29, 0.717) is 21.9 Å². The molecular formula is C22H21ClN4O3S. The van der Waals surface area contributed by atoms with Gasteiger partial charge >= 0.3 is 0 Å².